The molecule has 78 valence electrons. The molecule has 0 spiro atoms. The predicted molar refractivity (Wildman–Crippen MR) is 57.6 cm³/mol. The fourth-order valence-electron chi connectivity index (χ4n) is 1.56. The van der Waals surface area contributed by atoms with E-state index >= 15 is 0 Å². The van der Waals surface area contributed by atoms with Gasteiger partial charge < -0.3 is 10.3 Å². The first kappa shape index (κ1) is 10.8. The van der Waals surface area contributed by atoms with Crippen LogP contribution in [0.2, 0.25) is 0 Å². The normalized spacial score (nSPS) is 13.1. The summed E-state index contributed by atoms with van der Waals surface area (Å²) in [7, 11) is 0. The molecule has 1 aromatic heterocycles. The van der Waals surface area contributed by atoms with Crippen LogP contribution in [-0.2, 0) is 0 Å². The van der Waals surface area contributed by atoms with Crippen LogP contribution in [0.5, 0.6) is 0 Å². The first-order valence-electron chi connectivity index (χ1n) is 4.88. The molecule has 0 amide bonds. The summed E-state index contributed by atoms with van der Waals surface area (Å²) in [5.74, 6) is 1.68. The van der Waals surface area contributed by atoms with Gasteiger partial charge in [-0.1, -0.05) is 13.8 Å². The average Bonchev–Trinajstić information content (AvgIpc) is 2.49. The van der Waals surface area contributed by atoms with Gasteiger partial charge in [-0.3, -0.25) is 5.41 Å². The third-order valence-electron chi connectivity index (χ3n) is 2.21. The fraction of sp³-hybridized carbons (Fsp3) is 0.600. The van der Waals surface area contributed by atoms with Crippen molar-refractivity contribution in [3.63, 3.8) is 0 Å². The molecule has 0 aliphatic heterocycles. The van der Waals surface area contributed by atoms with Crippen LogP contribution in [-0.4, -0.2) is 15.4 Å². The summed E-state index contributed by atoms with van der Waals surface area (Å²) in [5, 5.41) is 7.25. The van der Waals surface area contributed by atoms with Crippen molar-refractivity contribution in [2.24, 2.45) is 5.73 Å². The number of nitrogens with zero attached hydrogens (tertiary/aromatic N) is 2. The number of hydrogen-bond acceptors (Lipinski definition) is 2. The minimum atomic E-state index is 0.215. The SMILES string of the molecule is CC(C)c1nccn1C(C)CC(=N)N. The first-order chi connectivity index (χ1) is 6.52. The third-order valence-corrected chi connectivity index (χ3v) is 2.21. The molecule has 0 aliphatic rings. The maximum Gasteiger partial charge on any atom is 0.111 e. The Morgan fingerprint density at radius 2 is 2.21 bits per heavy atom. The van der Waals surface area contributed by atoms with Crippen molar-refractivity contribution in [2.45, 2.75) is 39.2 Å². The van der Waals surface area contributed by atoms with Crippen molar-refractivity contribution in [2.75, 3.05) is 0 Å². The number of rotatable bonds is 4. The van der Waals surface area contributed by atoms with Gasteiger partial charge in [0.2, 0.25) is 0 Å². The highest BCUT2D eigenvalue weighted by Crippen LogP contribution is 2.18. The van der Waals surface area contributed by atoms with Gasteiger partial charge in [0, 0.05) is 30.8 Å². The molecule has 1 aromatic rings. The van der Waals surface area contributed by atoms with E-state index in [4.69, 9.17) is 11.1 Å². The molecule has 1 atom stereocenters. The van der Waals surface area contributed by atoms with Gasteiger partial charge in [0.1, 0.15) is 5.82 Å². The minimum absolute atomic E-state index is 0.215. The van der Waals surface area contributed by atoms with E-state index in [0.29, 0.717) is 12.3 Å². The monoisotopic (exact) mass is 194 g/mol. The molecule has 4 nitrogen and oxygen atoms in total. The van der Waals surface area contributed by atoms with Crippen LogP contribution in [0.15, 0.2) is 12.4 Å². The molecule has 4 heteroatoms. The molecular weight excluding hydrogens is 176 g/mol. The number of nitrogens with two attached hydrogens (primary N) is 1. The number of nitrogens with one attached hydrogen (secondary N) is 1. The van der Waals surface area contributed by atoms with Gasteiger partial charge >= 0.3 is 0 Å². The Hall–Kier alpha value is -1.32. The number of imidazole rings is 1. The second kappa shape index (κ2) is 4.26. The van der Waals surface area contributed by atoms with Crippen LogP contribution in [0.3, 0.4) is 0 Å². The van der Waals surface area contributed by atoms with Gasteiger partial charge in [0.15, 0.2) is 0 Å². The van der Waals surface area contributed by atoms with Crippen molar-refractivity contribution < 1.29 is 0 Å². The Balaban J connectivity index is 2.83. The minimum Gasteiger partial charge on any atom is -0.388 e. The lowest BCUT2D eigenvalue weighted by Gasteiger charge is -2.17. The van der Waals surface area contributed by atoms with Crippen molar-refractivity contribution in [1.29, 1.82) is 5.41 Å². The standard InChI is InChI=1S/C10H18N4/c1-7(2)10-13-4-5-14(10)8(3)6-9(11)12/h4-5,7-8H,6H2,1-3H3,(H3,11,12). The van der Waals surface area contributed by atoms with Crippen LogP contribution in [0, 0.1) is 5.41 Å². The van der Waals surface area contributed by atoms with Crippen molar-refractivity contribution in [3.05, 3.63) is 18.2 Å². The molecule has 1 rings (SSSR count). The fourth-order valence-corrected chi connectivity index (χ4v) is 1.56. The highest BCUT2D eigenvalue weighted by Gasteiger charge is 2.12. The maximum absolute atomic E-state index is 7.25. The summed E-state index contributed by atoms with van der Waals surface area (Å²) < 4.78 is 2.09. The number of amidine groups is 1. The molecule has 0 saturated heterocycles. The molecule has 0 aromatic carbocycles. The quantitative estimate of drug-likeness (QED) is 0.567. The van der Waals surface area contributed by atoms with E-state index in [1.165, 1.54) is 0 Å². The Morgan fingerprint density at radius 3 is 2.71 bits per heavy atom. The van der Waals surface area contributed by atoms with E-state index in [-0.39, 0.29) is 11.9 Å². The van der Waals surface area contributed by atoms with Crippen molar-refractivity contribution in [1.82, 2.24) is 9.55 Å². The lowest BCUT2D eigenvalue weighted by molar-refractivity contribution is 0.523. The molecule has 0 fully saturated rings. The largest absolute Gasteiger partial charge is 0.388 e. The highest BCUT2D eigenvalue weighted by molar-refractivity contribution is 5.77. The van der Waals surface area contributed by atoms with E-state index in [1.54, 1.807) is 6.20 Å². The van der Waals surface area contributed by atoms with Crippen LogP contribution in [0.4, 0.5) is 0 Å². The molecule has 0 saturated carbocycles. The van der Waals surface area contributed by atoms with Crippen LogP contribution in [0.1, 0.15) is 45.0 Å². The Kier molecular flexibility index (Phi) is 3.28. The Bertz CT molecular complexity index is 314. The van der Waals surface area contributed by atoms with Gasteiger partial charge in [-0.25, -0.2) is 4.98 Å². The lowest BCUT2D eigenvalue weighted by Crippen LogP contribution is -2.18. The van der Waals surface area contributed by atoms with E-state index in [2.05, 4.69) is 30.3 Å². The average molecular weight is 194 g/mol. The van der Waals surface area contributed by atoms with Crippen LogP contribution in [0.25, 0.3) is 0 Å². The second-order valence-electron chi connectivity index (χ2n) is 3.93. The summed E-state index contributed by atoms with van der Waals surface area (Å²) in [5.41, 5.74) is 5.38. The summed E-state index contributed by atoms with van der Waals surface area (Å²) in [6, 6.07) is 0.215. The van der Waals surface area contributed by atoms with Crippen LogP contribution < -0.4 is 5.73 Å². The second-order valence-corrected chi connectivity index (χ2v) is 3.93. The third kappa shape index (κ3) is 2.34. The smallest absolute Gasteiger partial charge is 0.111 e. The zero-order valence-corrected chi connectivity index (χ0v) is 8.99. The number of aromatic nitrogens is 2. The van der Waals surface area contributed by atoms with Gasteiger partial charge in [-0.15, -0.1) is 0 Å². The molecule has 0 aliphatic carbocycles. The lowest BCUT2D eigenvalue weighted by atomic mass is 10.1. The van der Waals surface area contributed by atoms with Crippen molar-refractivity contribution in [3.8, 4) is 0 Å². The van der Waals surface area contributed by atoms with Crippen LogP contribution >= 0.6 is 0 Å². The van der Waals surface area contributed by atoms with Crippen molar-refractivity contribution >= 4 is 5.84 Å². The summed E-state index contributed by atoms with van der Waals surface area (Å²) in [6.07, 6.45) is 4.32. The van der Waals surface area contributed by atoms with Gasteiger partial charge in [-0.2, -0.15) is 0 Å². The molecule has 0 radical (unpaired) electrons. The Morgan fingerprint density at radius 1 is 1.57 bits per heavy atom. The van der Waals surface area contributed by atoms with Gasteiger partial charge in [-0.05, 0) is 6.92 Å². The molecular formula is C10H18N4. The zero-order valence-electron chi connectivity index (χ0n) is 8.99. The first-order valence-corrected chi connectivity index (χ1v) is 4.88. The highest BCUT2D eigenvalue weighted by atomic mass is 15.1. The van der Waals surface area contributed by atoms with Gasteiger partial charge in [0.25, 0.3) is 0 Å². The molecule has 14 heavy (non-hydrogen) atoms. The van der Waals surface area contributed by atoms with E-state index < -0.39 is 0 Å². The predicted octanol–water partition coefficient (Wildman–Crippen LogP) is 1.89. The molecule has 3 N–H and O–H groups in total. The number of hydrogen-bond donors (Lipinski definition) is 2. The summed E-state index contributed by atoms with van der Waals surface area (Å²) in [4.78, 5) is 4.30. The summed E-state index contributed by atoms with van der Waals surface area (Å²) >= 11 is 0. The maximum atomic E-state index is 7.25. The molecule has 0 bridgehead atoms. The van der Waals surface area contributed by atoms with E-state index in [0.717, 1.165) is 5.82 Å². The molecule has 1 unspecified atom stereocenters. The van der Waals surface area contributed by atoms with Gasteiger partial charge in [0.05, 0.1) is 5.84 Å². The molecule has 1 heterocycles. The van der Waals surface area contributed by atoms with E-state index in [9.17, 15) is 0 Å². The van der Waals surface area contributed by atoms with E-state index in [1.807, 2.05) is 6.20 Å². The Labute approximate surface area is 84.7 Å². The zero-order chi connectivity index (χ0) is 10.7. The topological polar surface area (TPSA) is 67.7 Å². The summed E-state index contributed by atoms with van der Waals surface area (Å²) in [6.45, 7) is 6.27.